The number of ether oxygens (including phenoxy) is 2. The minimum Gasteiger partial charge on any atom is -0.490 e. The lowest BCUT2D eigenvalue weighted by Crippen LogP contribution is -2.34. The number of benzene rings is 2. The van der Waals surface area contributed by atoms with E-state index < -0.39 is 5.91 Å². The van der Waals surface area contributed by atoms with Gasteiger partial charge in [0, 0.05) is 36.9 Å². The normalized spacial score (nSPS) is 10.2. The summed E-state index contributed by atoms with van der Waals surface area (Å²) in [5.41, 5.74) is 1.78. The van der Waals surface area contributed by atoms with E-state index in [0.717, 1.165) is 10.2 Å². The van der Waals surface area contributed by atoms with Crippen LogP contribution in [0.4, 0.5) is 11.4 Å². The molecular formula is C20H22BrN3O4S. The highest BCUT2D eigenvalue weighted by Crippen LogP contribution is 2.23. The molecule has 2 aromatic rings. The zero-order valence-corrected chi connectivity index (χ0v) is 18.7. The van der Waals surface area contributed by atoms with E-state index in [-0.39, 0.29) is 11.0 Å². The molecule has 0 heterocycles. The molecule has 0 bridgehead atoms. The van der Waals surface area contributed by atoms with Crippen LogP contribution in [0.3, 0.4) is 0 Å². The van der Waals surface area contributed by atoms with E-state index in [1.54, 1.807) is 56.6 Å². The van der Waals surface area contributed by atoms with Crippen molar-refractivity contribution in [2.45, 2.75) is 6.92 Å². The van der Waals surface area contributed by atoms with E-state index in [9.17, 15) is 9.59 Å². The Bertz CT molecular complexity index is 890. The van der Waals surface area contributed by atoms with Gasteiger partial charge >= 0.3 is 0 Å². The third-order valence-electron chi connectivity index (χ3n) is 3.94. The zero-order valence-electron chi connectivity index (χ0n) is 16.3. The summed E-state index contributed by atoms with van der Waals surface area (Å²) in [5.74, 6) is -0.0302. The maximum Gasteiger partial charge on any atom is 0.261 e. The number of carbonyl (C=O) groups is 2. The average molecular weight is 480 g/mol. The van der Waals surface area contributed by atoms with Gasteiger partial charge in [0.25, 0.3) is 5.91 Å². The fraction of sp³-hybridized carbons (Fsp3) is 0.250. The second kappa shape index (κ2) is 10.9. The predicted molar refractivity (Wildman–Crippen MR) is 121 cm³/mol. The van der Waals surface area contributed by atoms with Crippen molar-refractivity contribution in [2.24, 2.45) is 0 Å². The van der Waals surface area contributed by atoms with Gasteiger partial charge in [-0.25, -0.2) is 0 Å². The van der Waals surface area contributed by atoms with E-state index in [1.165, 1.54) is 11.8 Å². The largest absolute Gasteiger partial charge is 0.490 e. The first-order chi connectivity index (χ1) is 13.8. The molecule has 0 radical (unpaired) electrons. The molecule has 7 nitrogen and oxygen atoms in total. The van der Waals surface area contributed by atoms with Gasteiger partial charge in [-0.2, -0.15) is 0 Å². The number of methoxy groups -OCH3 is 1. The highest BCUT2D eigenvalue weighted by atomic mass is 79.9. The highest BCUT2D eigenvalue weighted by molar-refractivity contribution is 9.10. The Labute approximate surface area is 183 Å². The van der Waals surface area contributed by atoms with Gasteiger partial charge in [-0.3, -0.25) is 14.9 Å². The molecule has 0 fully saturated rings. The summed E-state index contributed by atoms with van der Waals surface area (Å²) in [4.78, 5) is 25.6. The van der Waals surface area contributed by atoms with Crippen LogP contribution in [0.15, 0.2) is 46.9 Å². The van der Waals surface area contributed by atoms with Crippen LogP contribution in [0.5, 0.6) is 5.75 Å². The van der Waals surface area contributed by atoms with Gasteiger partial charge in [0.2, 0.25) is 5.91 Å². The quantitative estimate of drug-likeness (QED) is 0.466. The molecule has 2 amide bonds. The van der Waals surface area contributed by atoms with Crippen LogP contribution in [-0.2, 0) is 9.53 Å². The monoisotopic (exact) mass is 479 g/mol. The van der Waals surface area contributed by atoms with Crippen molar-refractivity contribution in [2.75, 3.05) is 37.6 Å². The fourth-order valence-electron chi connectivity index (χ4n) is 2.32. The molecule has 0 atom stereocenters. The number of rotatable bonds is 7. The average Bonchev–Trinajstić information content (AvgIpc) is 2.69. The van der Waals surface area contributed by atoms with E-state index in [2.05, 4.69) is 26.6 Å². The molecule has 0 spiro atoms. The Morgan fingerprint density at radius 3 is 2.45 bits per heavy atom. The lowest BCUT2D eigenvalue weighted by Gasteiger charge is -2.16. The molecule has 2 rings (SSSR count). The van der Waals surface area contributed by atoms with Crippen molar-refractivity contribution in [3.63, 3.8) is 0 Å². The number of nitrogens with one attached hydrogen (secondary N) is 2. The van der Waals surface area contributed by atoms with E-state index in [0.29, 0.717) is 30.2 Å². The Morgan fingerprint density at radius 2 is 1.83 bits per heavy atom. The van der Waals surface area contributed by atoms with Gasteiger partial charge in [-0.05, 0) is 54.7 Å². The number of hydrogen-bond donors (Lipinski definition) is 2. The molecule has 154 valence electrons. The lowest BCUT2D eigenvalue weighted by molar-refractivity contribution is -0.116. The molecule has 0 aliphatic heterocycles. The molecule has 0 saturated carbocycles. The van der Waals surface area contributed by atoms with Crippen molar-refractivity contribution >= 4 is 56.4 Å². The van der Waals surface area contributed by atoms with Gasteiger partial charge < -0.3 is 19.7 Å². The van der Waals surface area contributed by atoms with Gasteiger partial charge in [0.05, 0.1) is 12.2 Å². The summed E-state index contributed by atoms with van der Waals surface area (Å²) in [6, 6.07) is 12.3. The number of amides is 2. The van der Waals surface area contributed by atoms with Crippen LogP contribution < -0.4 is 20.3 Å². The van der Waals surface area contributed by atoms with Crippen LogP contribution in [-0.4, -0.2) is 44.3 Å². The number of carbonyl (C=O) groups excluding carboxylic acids is 2. The molecular weight excluding hydrogens is 458 g/mol. The Kier molecular flexibility index (Phi) is 8.56. The first-order valence-corrected chi connectivity index (χ1v) is 9.90. The minimum absolute atomic E-state index is 0.0639. The second-order valence-electron chi connectivity index (χ2n) is 6.01. The summed E-state index contributed by atoms with van der Waals surface area (Å²) in [6.07, 6.45) is 0. The summed E-state index contributed by atoms with van der Waals surface area (Å²) >= 11 is 8.60. The van der Waals surface area contributed by atoms with E-state index in [1.807, 2.05) is 0 Å². The minimum atomic E-state index is -0.399. The van der Waals surface area contributed by atoms with E-state index >= 15 is 0 Å². The molecule has 9 heteroatoms. The molecule has 2 aromatic carbocycles. The molecule has 0 unspecified atom stereocenters. The third kappa shape index (κ3) is 6.81. The third-order valence-corrected chi connectivity index (χ3v) is 4.64. The van der Waals surface area contributed by atoms with Crippen molar-refractivity contribution in [1.29, 1.82) is 0 Å². The summed E-state index contributed by atoms with van der Waals surface area (Å²) in [7, 11) is 3.27. The first kappa shape index (κ1) is 22.8. The van der Waals surface area contributed by atoms with Crippen molar-refractivity contribution in [1.82, 2.24) is 5.32 Å². The maximum atomic E-state index is 12.7. The van der Waals surface area contributed by atoms with Crippen LogP contribution >= 0.6 is 28.1 Å². The smallest absolute Gasteiger partial charge is 0.261 e. The zero-order chi connectivity index (χ0) is 21.4. The number of halogens is 1. The summed E-state index contributed by atoms with van der Waals surface area (Å²) in [6.45, 7) is 2.22. The van der Waals surface area contributed by atoms with Crippen molar-refractivity contribution < 1.29 is 19.1 Å². The number of hydrogen-bond acceptors (Lipinski definition) is 5. The number of nitrogens with zero attached hydrogens (tertiary/aromatic N) is 1. The molecule has 29 heavy (non-hydrogen) atoms. The van der Waals surface area contributed by atoms with Crippen molar-refractivity contribution in [3.8, 4) is 5.75 Å². The van der Waals surface area contributed by atoms with Gasteiger partial charge in [-0.15, -0.1) is 0 Å². The Morgan fingerprint density at radius 1 is 1.14 bits per heavy atom. The highest BCUT2D eigenvalue weighted by Gasteiger charge is 2.15. The molecule has 0 aliphatic rings. The van der Waals surface area contributed by atoms with Crippen LogP contribution in [0.2, 0.25) is 0 Å². The number of thiocarbonyl (C=S) groups is 1. The fourth-order valence-corrected chi connectivity index (χ4v) is 2.90. The lowest BCUT2D eigenvalue weighted by atomic mass is 10.2. The SMILES string of the molecule is COCCOc1ccc(Br)cc1C(=O)NC(=S)Nc1ccc(N(C)C(C)=O)cc1. The van der Waals surface area contributed by atoms with Crippen molar-refractivity contribution in [3.05, 3.63) is 52.5 Å². The standard InChI is InChI=1S/C20H22BrN3O4S/c1-13(25)24(2)16-7-5-15(6-8-16)22-20(29)23-19(26)17-12-14(21)4-9-18(17)28-11-10-27-3/h4-9,12H,10-11H2,1-3H3,(H2,22,23,26,29). The first-order valence-electron chi connectivity index (χ1n) is 8.69. The van der Waals surface area contributed by atoms with Crippen LogP contribution in [0.1, 0.15) is 17.3 Å². The van der Waals surface area contributed by atoms with E-state index in [4.69, 9.17) is 21.7 Å². The second-order valence-corrected chi connectivity index (χ2v) is 7.34. The van der Waals surface area contributed by atoms with Gasteiger partial charge in [-0.1, -0.05) is 15.9 Å². The number of anilines is 2. The summed E-state index contributed by atoms with van der Waals surface area (Å²) < 4.78 is 11.3. The summed E-state index contributed by atoms with van der Waals surface area (Å²) in [5, 5.41) is 5.73. The molecule has 0 aliphatic carbocycles. The topological polar surface area (TPSA) is 79.9 Å². The predicted octanol–water partition coefficient (Wildman–Crippen LogP) is 3.58. The van der Waals surface area contributed by atoms with Gasteiger partial charge in [0.15, 0.2) is 5.11 Å². The maximum absolute atomic E-state index is 12.7. The molecule has 2 N–H and O–H groups in total. The Hall–Kier alpha value is -2.49. The molecule has 0 aromatic heterocycles. The Balaban J connectivity index is 2.03. The van der Waals surface area contributed by atoms with Gasteiger partial charge in [0.1, 0.15) is 12.4 Å². The van der Waals surface area contributed by atoms with Crippen LogP contribution in [0, 0.1) is 0 Å². The molecule has 0 saturated heterocycles. The van der Waals surface area contributed by atoms with Crippen LogP contribution in [0.25, 0.3) is 0 Å².